The maximum Gasteiger partial charge on any atom is 0.224 e. The predicted molar refractivity (Wildman–Crippen MR) is 84.9 cm³/mol. The van der Waals surface area contributed by atoms with Gasteiger partial charge in [0.05, 0.1) is 24.4 Å². The molecule has 0 bridgehead atoms. The van der Waals surface area contributed by atoms with Gasteiger partial charge in [-0.25, -0.2) is 10.4 Å². The molecule has 0 unspecified atom stereocenters. The molecule has 0 atom stereocenters. The Labute approximate surface area is 122 Å². The molecule has 0 radical (unpaired) electrons. The van der Waals surface area contributed by atoms with Crippen LogP contribution in [0.4, 0.5) is 5.95 Å². The highest BCUT2D eigenvalue weighted by atomic mass is 16.5. The van der Waals surface area contributed by atoms with E-state index in [1.165, 1.54) is 0 Å². The standard InChI is InChI=1S/C16H16N4O/c1-20-14-9-5-4-8-13(14)18-16(20)19-17-11-12-7-3-6-10-15(12)21-2/h3-11H,1-2H3,(H,18,19)/b17-11-. The fourth-order valence-corrected chi connectivity index (χ4v) is 2.18. The quantitative estimate of drug-likeness (QED) is 0.590. The summed E-state index contributed by atoms with van der Waals surface area (Å²) in [5.41, 5.74) is 5.88. The number of ether oxygens (including phenoxy) is 1. The Morgan fingerprint density at radius 1 is 1.14 bits per heavy atom. The van der Waals surface area contributed by atoms with Crippen molar-refractivity contribution in [2.24, 2.45) is 12.1 Å². The van der Waals surface area contributed by atoms with E-state index in [0.717, 1.165) is 22.3 Å². The lowest BCUT2D eigenvalue weighted by Gasteiger charge is -2.03. The summed E-state index contributed by atoms with van der Waals surface area (Å²) in [4.78, 5) is 4.49. The van der Waals surface area contributed by atoms with E-state index in [4.69, 9.17) is 4.74 Å². The van der Waals surface area contributed by atoms with Gasteiger partial charge in [0.15, 0.2) is 0 Å². The van der Waals surface area contributed by atoms with Crippen molar-refractivity contribution in [1.29, 1.82) is 0 Å². The van der Waals surface area contributed by atoms with E-state index >= 15 is 0 Å². The third-order valence-electron chi connectivity index (χ3n) is 3.29. The Hall–Kier alpha value is -2.82. The minimum absolute atomic E-state index is 0.697. The third kappa shape index (κ3) is 2.58. The molecule has 0 spiro atoms. The number of nitrogens with zero attached hydrogens (tertiary/aromatic N) is 3. The van der Waals surface area contributed by atoms with Gasteiger partial charge in [-0.1, -0.05) is 24.3 Å². The van der Waals surface area contributed by atoms with E-state index in [-0.39, 0.29) is 0 Å². The van der Waals surface area contributed by atoms with Crippen LogP contribution in [0.25, 0.3) is 11.0 Å². The van der Waals surface area contributed by atoms with E-state index in [1.54, 1.807) is 13.3 Å². The van der Waals surface area contributed by atoms with E-state index in [1.807, 2.05) is 60.1 Å². The number of methoxy groups -OCH3 is 1. The van der Waals surface area contributed by atoms with Crippen LogP contribution in [0.1, 0.15) is 5.56 Å². The molecule has 3 rings (SSSR count). The molecule has 0 aliphatic heterocycles. The molecule has 0 amide bonds. The zero-order valence-corrected chi connectivity index (χ0v) is 11.9. The Kier molecular flexibility index (Phi) is 3.55. The molecular weight excluding hydrogens is 264 g/mol. The summed E-state index contributed by atoms with van der Waals surface area (Å²) in [6.45, 7) is 0. The molecule has 21 heavy (non-hydrogen) atoms. The minimum atomic E-state index is 0.697. The number of para-hydroxylation sites is 3. The minimum Gasteiger partial charge on any atom is -0.496 e. The molecule has 0 saturated heterocycles. The summed E-state index contributed by atoms with van der Waals surface area (Å²) in [7, 11) is 3.60. The lowest BCUT2D eigenvalue weighted by molar-refractivity contribution is 0.414. The van der Waals surface area contributed by atoms with Crippen molar-refractivity contribution < 1.29 is 4.74 Å². The number of rotatable bonds is 4. The highest BCUT2D eigenvalue weighted by molar-refractivity contribution is 5.84. The monoisotopic (exact) mass is 280 g/mol. The fraction of sp³-hybridized carbons (Fsp3) is 0.125. The fourth-order valence-electron chi connectivity index (χ4n) is 2.18. The maximum atomic E-state index is 5.28. The predicted octanol–water partition coefficient (Wildman–Crippen LogP) is 3.03. The average Bonchev–Trinajstić information content (AvgIpc) is 2.85. The molecule has 106 valence electrons. The molecule has 0 fully saturated rings. The van der Waals surface area contributed by atoms with Crippen molar-refractivity contribution in [2.45, 2.75) is 0 Å². The first-order valence-electron chi connectivity index (χ1n) is 6.63. The number of hydrazone groups is 1. The van der Waals surface area contributed by atoms with Crippen LogP contribution in [0.15, 0.2) is 53.6 Å². The second kappa shape index (κ2) is 5.66. The molecule has 2 aromatic carbocycles. The van der Waals surface area contributed by atoms with Crippen LogP contribution in [0.2, 0.25) is 0 Å². The largest absolute Gasteiger partial charge is 0.496 e. The van der Waals surface area contributed by atoms with Crippen molar-refractivity contribution in [3.05, 3.63) is 54.1 Å². The van der Waals surface area contributed by atoms with Gasteiger partial charge in [0.25, 0.3) is 0 Å². The van der Waals surface area contributed by atoms with Crippen molar-refractivity contribution >= 4 is 23.2 Å². The van der Waals surface area contributed by atoms with E-state index in [0.29, 0.717) is 5.95 Å². The van der Waals surface area contributed by atoms with Crippen LogP contribution in [-0.4, -0.2) is 22.9 Å². The Morgan fingerprint density at radius 2 is 1.90 bits per heavy atom. The number of anilines is 1. The molecule has 0 saturated carbocycles. The van der Waals surface area contributed by atoms with Gasteiger partial charge in [-0.3, -0.25) is 0 Å². The summed E-state index contributed by atoms with van der Waals surface area (Å²) in [5.74, 6) is 1.48. The topological polar surface area (TPSA) is 51.4 Å². The second-order valence-corrected chi connectivity index (χ2v) is 4.60. The van der Waals surface area contributed by atoms with Crippen LogP contribution in [0.5, 0.6) is 5.75 Å². The van der Waals surface area contributed by atoms with E-state index < -0.39 is 0 Å². The van der Waals surface area contributed by atoms with Crippen molar-refractivity contribution in [3.8, 4) is 5.75 Å². The number of aryl methyl sites for hydroxylation is 1. The number of fused-ring (bicyclic) bond motifs is 1. The lowest BCUT2D eigenvalue weighted by atomic mass is 10.2. The van der Waals surface area contributed by atoms with E-state index in [9.17, 15) is 0 Å². The Bertz CT molecular complexity index is 792. The van der Waals surface area contributed by atoms with Gasteiger partial charge in [0, 0.05) is 12.6 Å². The average molecular weight is 280 g/mol. The maximum absolute atomic E-state index is 5.28. The molecule has 0 aliphatic carbocycles. The number of hydrogen-bond donors (Lipinski definition) is 1. The van der Waals surface area contributed by atoms with Gasteiger partial charge in [-0.05, 0) is 24.3 Å². The van der Waals surface area contributed by atoms with Crippen LogP contribution in [-0.2, 0) is 7.05 Å². The molecule has 1 N–H and O–H groups in total. The summed E-state index contributed by atoms with van der Waals surface area (Å²) in [5, 5.41) is 4.24. The van der Waals surface area contributed by atoms with Crippen LogP contribution >= 0.6 is 0 Å². The van der Waals surface area contributed by atoms with Crippen LogP contribution in [0.3, 0.4) is 0 Å². The molecule has 0 aliphatic rings. The molecule has 5 nitrogen and oxygen atoms in total. The van der Waals surface area contributed by atoms with Gasteiger partial charge in [-0.15, -0.1) is 0 Å². The Morgan fingerprint density at radius 3 is 2.71 bits per heavy atom. The highest BCUT2D eigenvalue weighted by Gasteiger charge is 2.05. The first-order valence-corrected chi connectivity index (χ1v) is 6.63. The van der Waals surface area contributed by atoms with Gasteiger partial charge >= 0.3 is 0 Å². The third-order valence-corrected chi connectivity index (χ3v) is 3.29. The van der Waals surface area contributed by atoms with Crippen molar-refractivity contribution in [1.82, 2.24) is 9.55 Å². The molecule has 1 heterocycles. The van der Waals surface area contributed by atoms with Crippen LogP contribution in [0, 0.1) is 0 Å². The smallest absolute Gasteiger partial charge is 0.224 e. The zero-order chi connectivity index (χ0) is 14.7. The van der Waals surface area contributed by atoms with Crippen LogP contribution < -0.4 is 10.2 Å². The summed E-state index contributed by atoms with van der Waals surface area (Å²) < 4.78 is 7.25. The van der Waals surface area contributed by atoms with Gasteiger partial charge in [-0.2, -0.15) is 5.10 Å². The van der Waals surface area contributed by atoms with Gasteiger partial charge < -0.3 is 9.30 Å². The Balaban J connectivity index is 1.83. The number of benzene rings is 2. The van der Waals surface area contributed by atoms with Crippen molar-refractivity contribution in [2.75, 3.05) is 12.5 Å². The first kappa shape index (κ1) is 13.2. The second-order valence-electron chi connectivity index (χ2n) is 4.60. The lowest BCUT2D eigenvalue weighted by Crippen LogP contribution is -1.99. The summed E-state index contributed by atoms with van der Waals surface area (Å²) >= 11 is 0. The first-order chi connectivity index (χ1) is 10.3. The molecule has 5 heteroatoms. The summed E-state index contributed by atoms with van der Waals surface area (Å²) in [6.07, 6.45) is 1.72. The zero-order valence-electron chi connectivity index (χ0n) is 11.9. The van der Waals surface area contributed by atoms with Gasteiger partial charge in [0.2, 0.25) is 5.95 Å². The highest BCUT2D eigenvalue weighted by Crippen LogP contribution is 2.18. The SMILES string of the molecule is COc1ccccc1/C=N\Nc1nc2ccccc2n1C. The summed E-state index contributed by atoms with van der Waals surface area (Å²) in [6, 6.07) is 15.7. The number of hydrogen-bond acceptors (Lipinski definition) is 4. The number of imidazole rings is 1. The normalized spacial score (nSPS) is 11.1. The van der Waals surface area contributed by atoms with E-state index in [2.05, 4.69) is 15.5 Å². The van der Waals surface area contributed by atoms with Gasteiger partial charge in [0.1, 0.15) is 5.75 Å². The number of aromatic nitrogens is 2. The molecule has 1 aromatic heterocycles. The number of nitrogens with one attached hydrogen (secondary N) is 1. The molecule has 3 aromatic rings. The molecular formula is C16H16N4O. The van der Waals surface area contributed by atoms with Crippen molar-refractivity contribution in [3.63, 3.8) is 0 Å².